The van der Waals surface area contributed by atoms with E-state index in [1.54, 1.807) is 24.3 Å². The molecular weight excluding hydrogens is 494 g/mol. The number of aliphatic hydroxyl groups is 1. The molecule has 2 unspecified atom stereocenters. The van der Waals surface area contributed by atoms with Gasteiger partial charge >= 0.3 is 0 Å². The third kappa shape index (κ3) is 4.21. The molecule has 2 bridgehead atoms. The number of benzene rings is 2. The minimum Gasteiger partial charge on any atom is -0.396 e. The second-order valence-corrected chi connectivity index (χ2v) is 10.5. The molecule has 0 aromatic heterocycles. The van der Waals surface area contributed by atoms with Crippen molar-refractivity contribution in [2.24, 2.45) is 11.8 Å². The summed E-state index contributed by atoms with van der Waals surface area (Å²) in [6, 6.07) is 15.6. The van der Waals surface area contributed by atoms with Crippen LogP contribution in [-0.4, -0.2) is 58.1 Å². The molecule has 8 nitrogen and oxygen atoms in total. The maximum Gasteiger partial charge on any atom is 0.250 e. The molecule has 3 N–H and O–H groups in total. The van der Waals surface area contributed by atoms with Crippen LogP contribution in [-0.2, 0) is 25.7 Å². The summed E-state index contributed by atoms with van der Waals surface area (Å²) in [5.74, 6) is -2.41. The molecule has 37 heavy (non-hydrogen) atoms. The van der Waals surface area contributed by atoms with Crippen molar-refractivity contribution in [3.63, 3.8) is 0 Å². The molecule has 0 radical (unpaired) electrons. The Hall–Kier alpha value is -2.94. The van der Waals surface area contributed by atoms with E-state index in [0.29, 0.717) is 42.9 Å². The summed E-state index contributed by atoms with van der Waals surface area (Å²) in [5.41, 5.74) is -0.534. The number of amides is 3. The predicted octanol–water partition coefficient (Wildman–Crippen LogP) is 3.13. The van der Waals surface area contributed by atoms with Crippen LogP contribution in [0.5, 0.6) is 0 Å². The highest BCUT2D eigenvalue weighted by Crippen LogP contribution is 2.64. The number of halogens is 1. The van der Waals surface area contributed by atoms with Crippen molar-refractivity contribution < 1.29 is 24.2 Å². The number of nitrogens with one attached hydrogen (secondary N) is 2. The zero-order valence-electron chi connectivity index (χ0n) is 20.8. The molecule has 5 atom stereocenters. The summed E-state index contributed by atoms with van der Waals surface area (Å²) in [6.45, 7) is 2.37. The maximum absolute atomic E-state index is 13.9. The van der Waals surface area contributed by atoms with Crippen LogP contribution in [0.3, 0.4) is 0 Å². The van der Waals surface area contributed by atoms with Gasteiger partial charge in [0.25, 0.3) is 0 Å². The Morgan fingerprint density at radius 2 is 1.84 bits per heavy atom. The topological polar surface area (TPSA) is 108 Å². The first-order valence-corrected chi connectivity index (χ1v) is 13.2. The van der Waals surface area contributed by atoms with E-state index >= 15 is 0 Å². The number of carbonyl (C=O) groups is 3. The summed E-state index contributed by atoms with van der Waals surface area (Å²) in [5, 5.41) is 15.8. The summed E-state index contributed by atoms with van der Waals surface area (Å²) < 4.78 is 6.71. The molecule has 0 aliphatic carbocycles. The lowest BCUT2D eigenvalue weighted by atomic mass is 9.65. The van der Waals surface area contributed by atoms with Gasteiger partial charge < -0.3 is 25.4 Å². The van der Waals surface area contributed by atoms with E-state index in [1.165, 1.54) is 4.90 Å². The van der Waals surface area contributed by atoms with Crippen LogP contribution in [0, 0.1) is 11.8 Å². The fraction of sp³-hybridized carbons (Fsp3) is 0.464. The van der Waals surface area contributed by atoms with Crippen LogP contribution in [0.25, 0.3) is 0 Å². The van der Waals surface area contributed by atoms with Gasteiger partial charge in [0, 0.05) is 19.7 Å². The number of anilines is 1. The Kier molecular flexibility index (Phi) is 7.00. The number of aliphatic hydroxyl groups excluding tert-OH is 1. The van der Waals surface area contributed by atoms with Crippen LogP contribution < -0.4 is 10.6 Å². The van der Waals surface area contributed by atoms with Crippen molar-refractivity contribution in [3.05, 3.63) is 65.2 Å². The third-order valence-corrected chi connectivity index (χ3v) is 8.54. The van der Waals surface area contributed by atoms with Crippen molar-refractivity contribution in [1.29, 1.82) is 0 Å². The van der Waals surface area contributed by atoms with Gasteiger partial charge in [-0.15, -0.1) is 0 Å². The largest absolute Gasteiger partial charge is 0.396 e. The van der Waals surface area contributed by atoms with Crippen molar-refractivity contribution in [2.45, 2.75) is 56.4 Å². The van der Waals surface area contributed by atoms with Crippen LogP contribution in [0.1, 0.15) is 38.2 Å². The molecule has 9 heteroatoms. The number of rotatable bonds is 9. The van der Waals surface area contributed by atoms with Gasteiger partial charge in [-0.1, -0.05) is 61.0 Å². The summed E-state index contributed by atoms with van der Waals surface area (Å²) in [7, 11) is 0. The number of para-hydroxylation sites is 1. The van der Waals surface area contributed by atoms with Crippen molar-refractivity contribution in [1.82, 2.24) is 10.2 Å². The van der Waals surface area contributed by atoms with Gasteiger partial charge in [0.15, 0.2) is 0 Å². The first-order valence-electron chi connectivity index (χ1n) is 12.9. The molecule has 3 fully saturated rings. The van der Waals surface area contributed by atoms with Gasteiger partial charge in [-0.3, -0.25) is 14.4 Å². The SMILES string of the molecule is CC[C@@]12CCC3(O1)C(C(=O)Nc1ccccc1Cl)N(CCCO)C(=O)[C@@H]3[C@@H]2C(=O)NCc1ccccc1. The van der Waals surface area contributed by atoms with Crippen molar-refractivity contribution in [3.8, 4) is 0 Å². The first kappa shape index (κ1) is 25.7. The van der Waals surface area contributed by atoms with Gasteiger partial charge in [0.05, 0.1) is 28.1 Å². The molecule has 2 aromatic carbocycles. The quantitative estimate of drug-likeness (QED) is 0.466. The number of fused-ring (bicyclic) bond motifs is 1. The molecule has 3 aliphatic heterocycles. The Balaban J connectivity index is 1.48. The van der Waals surface area contributed by atoms with Gasteiger partial charge in [0.2, 0.25) is 17.7 Å². The highest BCUT2D eigenvalue weighted by atomic mass is 35.5. The molecule has 196 valence electrons. The van der Waals surface area contributed by atoms with E-state index in [4.69, 9.17) is 16.3 Å². The minimum absolute atomic E-state index is 0.124. The number of carbonyl (C=O) groups excluding carboxylic acids is 3. The lowest BCUT2D eigenvalue weighted by Crippen LogP contribution is -2.53. The lowest BCUT2D eigenvalue weighted by molar-refractivity contribution is -0.146. The van der Waals surface area contributed by atoms with E-state index in [1.807, 2.05) is 37.3 Å². The summed E-state index contributed by atoms with van der Waals surface area (Å²) in [4.78, 5) is 42.9. The lowest BCUT2D eigenvalue weighted by Gasteiger charge is -2.34. The summed E-state index contributed by atoms with van der Waals surface area (Å²) >= 11 is 6.29. The van der Waals surface area contributed by atoms with E-state index in [9.17, 15) is 19.5 Å². The van der Waals surface area contributed by atoms with Gasteiger partial charge in [-0.25, -0.2) is 0 Å². The van der Waals surface area contributed by atoms with Crippen LogP contribution >= 0.6 is 11.6 Å². The predicted molar refractivity (Wildman–Crippen MR) is 139 cm³/mol. The Morgan fingerprint density at radius 3 is 2.54 bits per heavy atom. The first-order chi connectivity index (χ1) is 17.9. The van der Waals surface area contributed by atoms with Crippen molar-refractivity contribution in [2.75, 3.05) is 18.5 Å². The zero-order chi connectivity index (χ0) is 26.2. The normalized spacial score (nSPS) is 29.9. The molecule has 1 spiro atoms. The molecule has 3 saturated heterocycles. The fourth-order valence-electron chi connectivity index (χ4n) is 6.56. The zero-order valence-corrected chi connectivity index (χ0v) is 21.5. The average molecular weight is 526 g/mol. The van der Waals surface area contributed by atoms with Gasteiger partial charge in [0.1, 0.15) is 11.6 Å². The molecule has 3 heterocycles. The van der Waals surface area contributed by atoms with E-state index in [2.05, 4.69) is 10.6 Å². The molecule has 2 aromatic rings. The van der Waals surface area contributed by atoms with E-state index in [0.717, 1.165) is 5.56 Å². The monoisotopic (exact) mass is 525 g/mol. The van der Waals surface area contributed by atoms with E-state index in [-0.39, 0.29) is 25.0 Å². The summed E-state index contributed by atoms with van der Waals surface area (Å²) in [6.07, 6.45) is 1.95. The fourth-order valence-corrected chi connectivity index (χ4v) is 6.74. The molecule has 3 aliphatic rings. The second-order valence-electron chi connectivity index (χ2n) is 10.1. The number of likely N-dealkylation sites (tertiary alicyclic amines) is 1. The molecular formula is C28H32ClN3O5. The smallest absolute Gasteiger partial charge is 0.250 e. The van der Waals surface area contributed by atoms with E-state index < -0.39 is 35.0 Å². The van der Waals surface area contributed by atoms with Crippen LogP contribution in [0.15, 0.2) is 54.6 Å². The Morgan fingerprint density at radius 1 is 1.11 bits per heavy atom. The molecule has 0 saturated carbocycles. The standard InChI is InChI=1S/C28H32ClN3O5/c1-2-27-13-14-28(37-27)22(21(27)24(34)30-17-18-9-4-3-5-10-18)26(36)32(15-8-16-33)23(28)25(35)31-20-12-7-6-11-19(20)29/h3-7,9-12,21-23,33H,2,8,13-17H2,1H3,(H,30,34)(H,31,35)/t21-,22+,23?,27+,28?/m1/s1. The number of nitrogens with zero attached hydrogens (tertiary/aromatic N) is 1. The molecule has 3 amide bonds. The minimum atomic E-state index is -1.12. The highest BCUT2D eigenvalue weighted by molar-refractivity contribution is 6.33. The van der Waals surface area contributed by atoms with Crippen LogP contribution in [0.2, 0.25) is 5.02 Å². The number of hydrogen-bond acceptors (Lipinski definition) is 5. The highest BCUT2D eigenvalue weighted by Gasteiger charge is 2.78. The maximum atomic E-state index is 13.9. The van der Waals surface area contributed by atoms with Crippen LogP contribution in [0.4, 0.5) is 5.69 Å². The number of ether oxygens (including phenoxy) is 1. The third-order valence-electron chi connectivity index (χ3n) is 8.21. The van der Waals surface area contributed by atoms with Crippen molar-refractivity contribution >= 4 is 35.0 Å². The molecule has 5 rings (SSSR count). The van der Waals surface area contributed by atoms with Gasteiger partial charge in [-0.05, 0) is 43.4 Å². The number of hydrogen-bond donors (Lipinski definition) is 3. The Bertz CT molecular complexity index is 1190. The Labute approximate surface area is 221 Å². The second kappa shape index (κ2) is 10.1. The average Bonchev–Trinajstić information content (AvgIpc) is 3.51. The van der Waals surface area contributed by atoms with Gasteiger partial charge in [-0.2, -0.15) is 0 Å².